The number of ketones is 1. The van der Waals surface area contributed by atoms with Crippen molar-refractivity contribution in [3.05, 3.63) is 98.3 Å². The third-order valence-corrected chi connectivity index (χ3v) is 8.13. The molecule has 1 aliphatic heterocycles. The van der Waals surface area contributed by atoms with Crippen LogP contribution in [-0.2, 0) is 10.2 Å². The molecule has 1 aliphatic rings. The predicted molar refractivity (Wildman–Crippen MR) is 152 cm³/mol. The van der Waals surface area contributed by atoms with Gasteiger partial charge in [0.05, 0.1) is 5.02 Å². The lowest BCUT2D eigenvalue weighted by atomic mass is 9.63. The summed E-state index contributed by atoms with van der Waals surface area (Å²) in [6.07, 6.45) is 1.63. The number of nitrogens with one attached hydrogen (secondary N) is 1. The van der Waals surface area contributed by atoms with Gasteiger partial charge in [-0.05, 0) is 73.1 Å². The number of aldehydes is 1. The molecule has 1 fully saturated rings. The van der Waals surface area contributed by atoms with Crippen molar-refractivity contribution in [2.75, 3.05) is 13.1 Å². The number of carbonyl (C=O) groups is 2. The van der Waals surface area contributed by atoms with Crippen LogP contribution in [0.1, 0.15) is 29.1 Å². The standard InChI is InChI=1S/C29H22Cl4N2O3/c30-19-5-1-17(2-6-19)27-25(22-10-9-21(32)15-24(22)33)35-28(38-27)26(37)23-16-34-13-11-29(23,12-14-36)18-3-7-20(31)8-4-18/h1-10,14-15,23,34H,11-13,16H2. The zero-order valence-electron chi connectivity index (χ0n) is 20.0. The largest absolute Gasteiger partial charge is 0.433 e. The molecule has 5 rings (SSSR count). The minimum absolute atomic E-state index is 0.0612. The molecule has 0 radical (unpaired) electrons. The van der Waals surface area contributed by atoms with Crippen molar-refractivity contribution < 1.29 is 14.0 Å². The maximum atomic E-state index is 14.1. The molecule has 2 heterocycles. The lowest BCUT2D eigenvalue weighted by molar-refractivity contribution is -0.109. The van der Waals surface area contributed by atoms with Crippen molar-refractivity contribution in [2.45, 2.75) is 18.3 Å². The van der Waals surface area contributed by atoms with Crippen LogP contribution in [0.3, 0.4) is 0 Å². The van der Waals surface area contributed by atoms with E-state index in [4.69, 9.17) is 50.8 Å². The molecule has 0 spiro atoms. The molecular weight excluding hydrogens is 566 g/mol. The van der Waals surface area contributed by atoms with E-state index in [0.717, 1.165) is 11.8 Å². The third-order valence-electron chi connectivity index (χ3n) is 7.08. The summed E-state index contributed by atoms with van der Waals surface area (Å²) in [4.78, 5) is 30.7. The molecule has 2 unspecified atom stereocenters. The average Bonchev–Trinajstić information content (AvgIpc) is 3.34. The summed E-state index contributed by atoms with van der Waals surface area (Å²) in [5.74, 6) is -0.590. The highest BCUT2D eigenvalue weighted by molar-refractivity contribution is 6.36. The van der Waals surface area contributed by atoms with Gasteiger partial charge in [0.25, 0.3) is 5.89 Å². The Kier molecular flexibility index (Phi) is 7.94. The summed E-state index contributed by atoms with van der Waals surface area (Å²) in [6.45, 7) is 1.03. The summed E-state index contributed by atoms with van der Waals surface area (Å²) < 4.78 is 6.19. The first-order valence-electron chi connectivity index (χ1n) is 12.0. The van der Waals surface area contributed by atoms with Gasteiger partial charge in [-0.15, -0.1) is 0 Å². The summed E-state index contributed by atoms with van der Waals surface area (Å²) >= 11 is 24.9. The Bertz CT molecular complexity index is 1480. The van der Waals surface area contributed by atoms with Gasteiger partial charge in [0.1, 0.15) is 12.0 Å². The fraction of sp³-hybridized carbons (Fsp3) is 0.207. The van der Waals surface area contributed by atoms with Crippen LogP contribution in [0.15, 0.2) is 71.1 Å². The molecule has 9 heteroatoms. The maximum Gasteiger partial charge on any atom is 0.264 e. The molecule has 0 amide bonds. The van der Waals surface area contributed by atoms with E-state index in [0.29, 0.717) is 62.2 Å². The van der Waals surface area contributed by atoms with Gasteiger partial charge in [-0.1, -0.05) is 58.5 Å². The van der Waals surface area contributed by atoms with E-state index < -0.39 is 11.3 Å². The molecule has 4 aromatic rings. The van der Waals surface area contributed by atoms with Crippen LogP contribution in [0.25, 0.3) is 22.6 Å². The van der Waals surface area contributed by atoms with Gasteiger partial charge in [-0.25, -0.2) is 4.98 Å². The highest BCUT2D eigenvalue weighted by Crippen LogP contribution is 2.44. The molecule has 0 aliphatic carbocycles. The maximum absolute atomic E-state index is 14.1. The summed E-state index contributed by atoms with van der Waals surface area (Å²) in [5, 5.41) is 5.29. The minimum Gasteiger partial charge on any atom is -0.433 e. The second-order valence-corrected chi connectivity index (χ2v) is 10.9. The fourth-order valence-corrected chi connectivity index (χ4v) is 5.89. The van der Waals surface area contributed by atoms with Crippen LogP contribution in [0.4, 0.5) is 0 Å². The number of hydrogen-bond donors (Lipinski definition) is 1. The van der Waals surface area contributed by atoms with Gasteiger partial charge in [-0.2, -0.15) is 0 Å². The van der Waals surface area contributed by atoms with Gasteiger partial charge in [0, 0.05) is 50.5 Å². The van der Waals surface area contributed by atoms with Crippen LogP contribution in [0, 0.1) is 5.92 Å². The van der Waals surface area contributed by atoms with Gasteiger partial charge in [0.15, 0.2) is 5.76 Å². The minimum atomic E-state index is -0.734. The molecule has 0 saturated carbocycles. The summed E-state index contributed by atoms with van der Waals surface area (Å²) in [7, 11) is 0. The van der Waals surface area contributed by atoms with Crippen LogP contribution < -0.4 is 5.32 Å². The number of Topliss-reactive ketones (excluding diaryl/α,β-unsaturated/α-hetero) is 1. The molecular formula is C29H22Cl4N2O3. The number of oxazole rings is 1. The average molecular weight is 588 g/mol. The number of nitrogens with zero attached hydrogens (tertiary/aromatic N) is 1. The smallest absolute Gasteiger partial charge is 0.264 e. The second kappa shape index (κ2) is 11.2. The van der Waals surface area contributed by atoms with Crippen molar-refractivity contribution in [1.82, 2.24) is 10.3 Å². The molecule has 3 aromatic carbocycles. The number of benzene rings is 3. The Labute approximate surface area is 240 Å². The normalized spacial score (nSPS) is 19.3. The van der Waals surface area contributed by atoms with Crippen molar-refractivity contribution in [2.24, 2.45) is 5.92 Å². The monoisotopic (exact) mass is 586 g/mol. The molecule has 5 nitrogen and oxygen atoms in total. The zero-order valence-corrected chi connectivity index (χ0v) is 23.0. The zero-order chi connectivity index (χ0) is 26.9. The third kappa shape index (κ3) is 5.14. The number of rotatable bonds is 7. The van der Waals surface area contributed by atoms with Gasteiger partial charge >= 0.3 is 0 Å². The van der Waals surface area contributed by atoms with Crippen molar-refractivity contribution in [3.63, 3.8) is 0 Å². The Morgan fingerprint density at radius 2 is 1.63 bits per heavy atom. The number of piperidine rings is 1. The number of hydrogen-bond acceptors (Lipinski definition) is 5. The Morgan fingerprint density at radius 3 is 2.29 bits per heavy atom. The molecule has 1 aromatic heterocycles. The number of carbonyl (C=O) groups excluding carboxylic acids is 2. The van der Waals surface area contributed by atoms with Crippen LogP contribution in [0.5, 0.6) is 0 Å². The van der Waals surface area contributed by atoms with E-state index in [2.05, 4.69) is 10.3 Å². The molecule has 38 heavy (non-hydrogen) atoms. The first kappa shape index (κ1) is 26.9. The Balaban J connectivity index is 1.64. The van der Waals surface area contributed by atoms with Gasteiger partial charge in [-0.3, -0.25) is 4.79 Å². The quantitative estimate of drug-likeness (QED) is 0.175. The van der Waals surface area contributed by atoms with E-state index in [1.165, 1.54) is 0 Å². The molecule has 2 atom stereocenters. The van der Waals surface area contributed by atoms with E-state index in [-0.39, 0.29) is 18.1 Å². The van der Waals surface area contributed by atoms with Crippen LogP contribution in [0.2, 0.25) is 20.1 Å². The molecule has 1 saturated heterocycles. The lowest BCUT2D eigenvalue weighted by Gasteiger charge is -2.42. The van der Waals surface area contributed by atoms with Crippen molar-refractivity contribution >= 4 is 58.5 Å². The fourth-order valence-electron chi connectivity index (χ4n) is 5.14. The summed E-state index contributed by atoms with van der Waals surface area (Å²) in [6, 6.07) is 19.4. The SMILES string of the molecule is O=CCC1(c2ccc(Cl)cc2)CCNCC1C(=O)c1nc(-c2ccc(Cl)cc2Cl)c(-c2ccc(Cl)cc2)o1. The van der Waals surface area contributed by atoms with E-state index in [9.17, 15) is 9.59 Å². The first-order chi connectivity index (χ1) is 18.3. The lowest BCUT2D eigenvalue weighted by Crippen LogP contribution is -2.51. The van der Waals surface area contributed by atoms with Crippen molar-refractivity contribution in [3.8, 4) is 22.6 Å². The highest BCUT2D eigenvalue weighted by atomic mass is 35.5. The summed E-state index contributed by atoms with van der Waals surface area (Å²) in [5.41, 5.74) is 1.80. The molecule has 194 valence electrons. The topological polar surface area (TPSA) is 72.2 Å². The van der Waals surface area contributed by atoms with Gasteiger partial charge in [0.2, 0.25) is 5.78 Å². The van der Waals surface area contributed by atoms with E-state index in [1.54, 1.807) is 54.6 Å². The first-order valence-corrected chi connectivity index (χ1v) is 13.5. The van der Waals surface area contributed by atoms with Crippen molar-refractivity contribution in [1.29, 1.82) is 0 Å². The van der Waals surface area contributed by atoms with Gasteiger partial charge < -0.3 is 14.5 Å². The Morgan fingerprint density at radius 1 is 0.974 bits per heavy atom. The molecule has 0 bridgehead atoms. The van der Waals surface area contributed by atoms with Crippen LogP contribution >= 0.6 is 46.4 Å². The second-order valence-electron chi connectivity index (χ2n) is 9.23. The van der Waals surface area contributed by atoms with Crippen LogP contribution in [-0.4, -0.2) is 30.1 Å². The van der Waals surface area contributed by atoms with E-state index >= 15 is 0 Å². The molecule has 1 N–H and O–H groups in total. The Hall–Kier alpha value is -2.67. The highest BCUT2D eigenvalue weighted by Gasteiger charge is 2.47. The number of halogens is 4. The predicted octanol–water partition coefficient (Wildman–Crippen LogP) is 7.94. The van der Waals surface area contributed by atoms with E-state index in [1.807, 2.05) is 12.1 Å². The number of aromatic nitrogens is 1.